The van der Waals surface area contributed by atoms with E-state index in [9.17, 15) is 14.0 Å². The lowest BCUT2D eigenvalue weighted by molar-refractivity contribution is 0.0714. The number of rotatable bonds is 4. The van der Waals surface area contributed by atoms with Crippen molar-refractivity contribution in [2.75, 3.05) is 7.11 Å². The number of halogens is 1. The molecule has 1 aliphatic rings. The molecule has 2 aromatic carbocycles. The molecular formula is C24H17FN2O4. The Morgan fingerprint density at radius 3 is 2.65 bits per heavy atom. The van der Waals surface area contributed by atoms with E-state index >= 15 is 0 Å². The Balaban J connectivity index is 1.72. The fraction of sp³-hybridized carbons (Fsp3) is 0.125. The number of fused-ring (bicyclic) bond motifs is 2. The van der Waals surface area contributed by atoms with Crippen LogP contribution in [-0.4, -0.2) is 22.9 Å². The number of carbonyl (C=O) groups excluding carboxylic acids is 1. The van der Waals surface area contributed by atoms with Gasteiger partial charge in [-0.3, -0.25) is 14.6 Å². The number of methoxy groups -OCH3 is 1. The molecule has 1 atom stereocenters. The Kier molecular flexibility index (Phi) is 4.51. The quantitative estimate of drug-likeness (QED) is 0.501. The van der Waals surface area contributed by atoms with Crippen molar-refractivity contribution in [3.8, 4) is 5.75 Å². The summed E-state index contributed by atoms with van der Waals surface area (Å²) in [6, 6.07) is 13.8. The summed E-state index contributed by atoms with van der Waals surface area (Å²) in [4.78, 5) is 32.4. The van der Waals surface area contributed by atoms with E-state index in [1.165, 1.54) is 12.1 Å². The Labute approximate surface area is 176 Å². The molecule has 6 nitrogen and oxygen atoms in total. The predicted octanol–water partition coefficient (Wildman–Crippen LogP) is 4.08. The lowest BCUT2D eigenvalue weighted by Crippen LogP contribution is -2.29. The summed E-state index contributed by atoms with van der Waals surface area (Å²) in [5.74, 6) is -0.311. The van der Waals surface area contributed by atoms with E-state index in [0.717, 1.165) is 17.2 Å². The number of benzene rings is 2. The molecule has 7 heteroatoms. The van der Waals surface area contributed by atoms with E-state index in [1.54, 1.807) is 54.7 Å². The Bertz CT molecular complexity index is 1350. The molecule has 0 fully saturated rings. The molecule has 3 heterocycles. The van der Waals surface area contributed by atoms with Gasteiger partial charge in [-0.1, -0.05) is 18.2 Å². The number of amides is 1. The average Bonchev–Trinajstić information content (AvgIpc) is 3.07. The predicted molar refractivity (Wildman–Crippen MR) is 111 cm³/mol. The second-order valence-corrected chi connectivity index (χ2v) is 7.28. The summed E-state index contributed by atoms with van der Waals surface area (Å²) >= 11 is 0. The molecule has 0 radical (unpaired) electrons. The average molecular weight is 416 g/mol. The molecule has 0 saturated heterocycles. The van der Waals surface area contributed by atoms with Crippen LogP contribution < -0.4 is 10.2 Å². The highest BCUT2D eigenvalue weighted by Gasteiger charge is 2.42. The van der Waals surface area contributed by atoms with Crippen molar-refractivity contribution in [1.29, 1.82) is 0 Å². The van der Waals surface area contributed by atoms with Crippen LogP contribution in [0.15, 0.2) is 76.2 Å². The maximum absolute atomic E-state index is 13.8. The fourth-order valence-corrected chi connectivity index (χ4v) is 3.98. The number of carbonyl (C=O) groups is 1. The minimum absolute atomic E-state index is 0.0196. The van der Waals surface area contributed by atoms with Crippen LogP contribution in [0.2, 0.25) is 0 Å². The third-order valence-corrected chi connectivity index (χ3v) is 5.43. The van der Waals surface area contributed by atoms with Gasteiger partial charge in [-0.15, -0.1) is 0 Å². The fourth-order valence-electron chi connectivity index (χ4n) is 3.98. The van der Waals surface area contributed by atoms with Crippen molar-refractivity contribution < 1.29 is 18.3 Å². The SMILES string of the molecule is COc1ccc([C@H]2c3c(oc4ccc(F)cc4c3=O)C(=O)N2Cc2cccnc2)cc1. The van der Waals surface area contributed by atoms with Gasteiger partial charge in [0.25, 0.3) is 5.91 Å². The summed E-state index contributed by atoms with van der Waals surface area (Å²) in [5, 5.41) is 0.105. The summed E-state index contributed by atoms with van der Waals surface area (Å²) in [6.07, 6.45) is 3.32. The monoisotopic (exact) mass is 416 g/mol. The highest BCUT2D eigenvalue weighted by Crippen LogP contribution is 2.39. The van der Waals surface area contributed by atoms with Crippen LogP contribution in [0.3, 0.4) is 0 Å². The van der Waals surface area contributed by atoms with E-state index in [0.29, 0.717) is 5.75 Å². The first-order valence-electron chi connectivity index (χ1n) is 9.67. The minimum Gasteiger partial charge on any atom is -0.497 e. The molecule has 0 aliphatic carbocycles. The van der Waals surface area contributed by atoms with Crippen LogP contribution in [0.1, 0.15) is 33.3 Å². The van der Waals surface area contributed by atoms with Gasteiger partial charge in [-0.05, 0) is 47.5 Å². The number of hydrogen-bond donors (Lipinski definition) is 0. The topological polar surface area (TPSA) is 72.6 Å². The third-order valence-electron chi connectivity index (χ3n) is 5.43. The van der Waals surface area contributed by atoms with Crippen LogP contribution in [-0.2, 0) is 6.54 Å². The van der Waals surface area contributed by atoms with Gasteiger partial charge in [0.1, 0.15) is 17.1 Å². The maximum Gasteiger partial charge on any atom is 0.291 e. The van der Waals surface area contributed by atoms with E-state index < -0.39 is 23.2 Å². The van der Waals surface area contributed by atoms with Crippen molar-refractivity contribution in [2.24, 2.45) is 0 Å². The zero-order chi connectivity index (χ0) is 21.5. The highest BCUT2D eigenvalue weighted by molar-refractivity contribution is 5.99. The first-order valence-corrected chi connectivity index (χ1v) is 9.67. The minimum atomic E-state index is -0.683. The Morgan fingerprint density at radius 1 is 1.13 bits per heavy atom. The largest absolute Gasteiger partial charge is 0.497 e. The lowest BCUT2D eigenvalue weighted by Gasteiger charge is -2.25. The summed E-state index contributed by atoms with van der Waals surface area (Å²) < 4.78 is 24.9. The molecule has 1 aliphatic heterocycles. The second kappa shape index (κ2) is 7.36. The molecule has 0 spiro atoms. The molecule has 154 valence electrons. The standard InChI is InChI=1S/C24H17FN2O4/c1-30-17-7-4-15(5-8-17)21-20-22(28)18-11-16(25)6-9-19(18)31-23(20)24(29)27(21)13-14-3-2-10-26-12-14/h2-12,21H,13H2,1H3/t21-/m0/s1. The summed E-state index contributed by atoms with van der Waals surface area (Å²) in [5.41, 5.74) is 1.50. The van der Waals surface area contributed by atoms with Crippen LogP contribution in [0.25, 0.3) is 11.0 Å². The van der Waals surface area contributed by atoms with Gasteiger partial charge >= 0.3 is 0 Å². The zero-order valence-electron chi connectivity index (χ0n) is 16.5. The first-order chi connectivity index (χ1) is 15.1. The van der Waals surface area contributed by atoms with Gasteiger partial charge in [0.15, 0.2) is 5.43 Å². The van der Waals surface area contributed by atoms with E-state index in [2.05, 4.69) is 4.98 Å². The van der Waals surface area contributed by atoms with Crippen LogP contribution >= 0.6 is 0 Å². The van der Waals surface area contributed by atoms with E-state index in [1.807, 2.05) is 6.07 Å². The highest BCUT2D eigenvalue weighted by atomic mass is 19.1. The number of aromatic nitrogens is 1. The molecule has 2 aromatic heterocycles. The van der Waals surface area contributed by atoms with Crippen LogP contribution in [0, 0.1) is 5.82 Å². The van der Waals surface area contributed by atoms with Crippen molar-refractivity contribution in [3.05, 3.63) is 105 Å². The van der Waals surface area contributed by atoms with Gasteiger partial charge in [-0.25, -0.2) is 4.39 Å². The van der Waals surface area contributed by atoms with E-state index in [-0.39, 0.29) is 28.8 Å². The van der Waals surface area contributed by atoms with Crippen molar-refractivity contribution in [1.82, 2.24) is 9.88 Å². The summed E-state index contributed by atoms with van der Waals surface area (Å²) in [7, 11) is 1.56. The molecule has 0 unspecified atom stereocenters. The second-order valence-electron chi connectivity index (χ2n) is 7.28. The molecule has 1 amide bonds. The normalized spacial score (nSPS) is 15.4. The Morgan fingerprint density at radius 2 is 1.94 bits per heavy atom. The van der Waals surface area contributed by atoms with Gasteiger partial charge in [0.05, 0.1) is 24.1 Å². The van der Waals surface area contributed by atoms with Gasteiger partial charge in [0, 0.05) is 18.9 Å². The number of hydrogen-bond acceptors (Lipinski definition) is 5. The van der Waals surface area contributed by atoms with Crippen LogP contribution in [0.4, 0.5) is 4.39 Å². The van der Waals surface area contributed by atoms with Gasteiger partial charge in [0.2, 0.25) is 5.76 Å². The molecule has 0 saturated carbocycles. The molecule has 31 heavy (non-hydrogen) atoms. The van der Waals surface area contributed by atoms with Crippen LogP contribution in [0.5, 0.6) is 5.75 Å². The van der Waals surface area contributed by atoms with E-state index in [4.69, 9.17) is 9.15 Å². The molecule has 0 N–H and O–H groups in total. The number of ether oxygens (including phenoxy) is 1. The first kappa shape index (κ1) is 19.0. The molecule has 5 rings (SSSR count). The summed E-state index contributed by atoms with van der Waals surface area (Å²) in [6.45, 7) is 0.234. The van der Waals surface area contributed by atoms with Crippen molar-refractivity contribution >= 4 is 16.9 Å². The maximum atomic E-state index is 13.8. The van der Waals surface area contributed by atoms with Crippen molar-refractivity contribution in [3.63, 3.8) is 0 Å². The Hall–Kier alpha value is -4.00. The molecular weight excluding hydrogens is 399 g/mol. The van der Waals surface area contributed by atoms with Gasteiger partial charge < -0.3 is 14.1 Å². The third kappa shape index (κ3) is 3.15. The van der Waals surface area contributed by atoms with Crippen molar-refractivity contribution in [2.45, 2.75) is 12.6 Å². The molecule has 0 bridgehead atoms. The number of nitrogens with zero attached hydrogens (tertiary/aromatic N) is 2. The smallest absolute Gasteiger partial charge is 0.291 e. The zero-order valence-corrected chi connectivity index (χ0v) is 16.5. The molecule has 4 aromatic rings. The number of pyridine rings is 1. The van der Waals surface area contributed by atoms with Gasteiger partial charge in [-0.2, -0.15) is 0 Å². The lowest BCUT2D eigenvalue weighted by atomic mass is 9.98.